The fraction of sp³-hybridized carbons (Fsp3) is 0.0800. The van der Waals surface area contributed by atoms with Crippen LogP contribution in [-0.4, -0.2) is 43.0 Å². The normalized spacial score (nSPS) is 11.4. The third-order valence-electron chi connectivity index (χ3n) is 5.61. The zero-order valence-corrected chi connectivity index (χ0v) is 19.1. The number of benzene rings is 1. The number of methoxy groups -OCH3 is 1. The van der Waals surface area contributed by atoms with Gasteiger partial charge in [0.2, 0.25) is 0 Å². The predicted octanol–water partition coefficient (Wildman–Crippen LogP) is 5.50. The third kappa shape index (κ3) is 3.34. The molecular formula is C25H18N6O2S. The average Bonchev–Trinajstić information content (AvgIpc) is 3.61. The number of thiophene rings is 1. The molecule has 9 heteroatoms. The fourth-order valence-electron chi connectivity index (χ4n) is 3.91. The van der Waals surface area contributed by atoms with Gasteiger partial charge in [-0.1, -0.05) is 12.1 Å². The van der Waals surface area contributed by atoms with Crippen LogP contribution in [0.25, 0.3) is 55.3 Å². The van der Waals surface area contributed by atoms with E-state index in [-0.39, 0.29) is 5.78 Å². The van der Waals surface area contributed by atoms with Crippen molar-refractivity contribution in [3.05, 3.63) is 65.8 Å². The Morgan fingerprint density at radius 2 is 1.91 bits per heavy atom. The number of rotatable bonds is 5. The first-order chi connectivity index (χ1) is 16.6. The predicted molar refractivity (Wildman–Crippen MR) is 132 cm³/mol. The van der Waals surface area contributed by atoms with Crippen LogP contribution in [-0.2, 0) is 0 Å². The van der Waals surface area contributed by atoms with Gasteiger partial charge >= 0.3 is 0 Å². The number of hydrogen-bond donors (Lipinski definition) is 2. The molecule has 2 N–H and O–H groups in total. The van der Waals surface area contributed by atoms with Gasteiger partial charge in [-0.15, -0.1) is 11.3 Å². The van der Waals surface area contributed by atoms with Crippen molar-refractivity contribution in [1.29, 1.82) is 0 Å². The molecule has 0 fully saturated rings. The van der Waals surface area contributed by atoms with E-state index in [1.807, 2.05) is 48.5 Å². The molecule has 6 aromatic rings. The van der Waals surface area contributed by atoms with Crippen LogP contribution in [0.5, 0.6) is 5.75 Å². The van der Waals surface area contributed by atoms with Crippen LogP contribution in [0.3, 0.4) is 0 Å². The minimum absolute atomic E-state index is 0.0576. The van der Waals surface area contributed by atoms with Gasteiger partial charge in [-0.3, -0.25) is 14.9 Å². The largest absolute Gasteiger partial charge is 0.495 e. The van der Waals surface area contributed by atoms with E-state index in [1.165, 1.54) is 11.3 Å². The quantitative estimate of drug-likeness (QED) is 0.325. The summed E-state index contributed by atoms with van der Waals surface area (Å²) >= 11 is 1.47. The van der Waals surface area contributed by atoms with E-state index in [4.69, 9.17) is 14.7 Å². The van der Waals surface area contributed by atoms with Gasteiger partial charge in [0.05, 0.1) is 40.4 Å². The van der Waals surface area contributed by atoms with Crippen molar-refractivity contribution in [3.8, 4) is 39.0 Å². The van der Waals surface area contributed by atoms with Crippen LogP contribution in [0, 0.1) is 0 Å². The summed E-state index contributed by atoms with van der Waals surface area (Å²) in [6.07, 6.45) is 3.41. The number of fused-ring (bicyclic) bond motifs is 2. The van der Waals surface area contributed by atoms with Crippen LogP contribution < -0.4 is 4.74 Å². The molecule has 0 spiro atoms. The highest BCUT2D eigenvalue weighted by Gasteiger charge is 2.18. The van der Waals surface area contributed by atoms with Gasteiger partial charge in [0.1, 0.15) is 11.3 Å². The average molecular weight is 467 g/mol. The van der Waals surface area contributed by atoms with E-state index in [1.54, 1.807) is 26.4 Å². The number of Topliss-reactive ketones (excluding diaryl/α,β-unsaturated/α-hetero) is 1. The van der Waals surface area contributed by atoms with E-state index in [0.29, 0.717) is 22.8 Å². The van der Waals surface area contributed by atoms with Crippen molar-refractivity contribution in [1.82, 2.24) is 30.1 Å². The zero-order chi connectivity index (χ0) is 23.2. The number of pyridine rings is 2. The first-order valence-electron chi connectivity index (χ1n) is 10.6. The molecule has 8 nitrogen and oxygen atoms in total. The number of carbonyl (C=O) groups excluding carboxylic acids is 1. The minimum atomic E-state index is 0.0576. The highest BCUT2D eigenvalue weighted by Crippen LogP contribution is 2.35. The summed E-state index contributed by atoms with van der Waals surface area (Å²) in [6.45, 7) is 1.58. The molecule has 0 atom stereocenters. The smallest absolute Gasteiger partial charge is 0.169 e. The summed E-state index contributed by atoms with van der Waals surface area (Å²) in [5.74, 6) is 1.34. The Hall–Kier alpha value is -4.37. The summed E-state index contributed by atoms with van der Waals surface area (Å²) in [5, 5.41) is 7.54. The lowest BCUT2D eigenvalue weighted by atomic mass is 10.1. The second-order valence-electron chi connectivity index (χ2n) is 7.79. The molecule has 0 saturated heterocycles. The number of H-pyrrole nitrogens is 2. The third-order valence-corrected chi connectivity index (χ3v) is 6.83. The molecular weight excluding hydrogens is 448 g/mol. The number of nitrogens with one attached hydrogen (secondary N) is 2. The highest BCUT2D eigenvalue weighted by atomic mass is 32.1. The molecule has 5 heterocycles. The van der Waals surface area contributed by atoms with Crippen LogP contribution >= 0.6 is 11.3 Å². The Morgan fingerprint density at radius 1 is 1.00 bits per heavy atom. The van der Waals surface area contributed by atoms with Crippen molar-refractivity contribution in [3.63, 3.8) is 0 Å². The van der Waals surface area contributed by atoms with E-state index in [0.717, 1.165) is 43.1 Å². The summed E-state index contributed by atoms with van der Waals surface area (Å²) in [5.41, 5.74) is 6.41. The lowest BCUT2D eigenvalue weighted by Gasteiger charge is -2.03. The van der Waals surface area contributed by atoms with Gasteiger partial charge in [0.15, 0.2) is 17.3 Å². The van der Waals surface area contributed by atoms with E-state index < -0.39 is 0 Å². The highest BCUT2D eigenvalue weighted by molar-refractivity contribution is 7.17. The van der Waals surface area contributed by atoms with Gasteiger partial charge in [0.25, 0.3) is 0 Å². The van der Waals surface area contributed by atoms with Crippen molar-refractivity contribution in [2.75, 3.05) is 7.11 Å². The van der Waals surface area contributed by atoms with Crippen molar-refractivity contribution in [2.45, 2.75) is 6.92 Å². The molecule has 0 aliphatic rings. The standard InChI is InChI=1S/C25H18N6O2S/c1-13(32)20-8-9-21(34-20)16-4-3-5-18-22(16)29-25(28-18)24-23-19(30-31-24)7-6-17(27-23)14-10-15(33-2)12-26-11-14/h3-12H,1-2H3,(H,28,29)(H,30,31). The molecule has 0 radical (unpaired) electrons. The topological polar surface area (TPSA) is 109 Å². The number of hydrogen-bond acceptors (Lipinski definition) is 7. The maximum atomic E-state index is 11.8. The number of carbonyl (C=O) groups is 1. The van der Waals surface area contributed by atoms with Crippen LogP contribution in [0.4, 0.5) is 0 Å². The Kier molecular flexibility index (Phi) is 4.70. The SMILES string of the molecule is COc1cncc(-c2ccc3[nH]nc(-c4nc5c(-c6ccc(C(C)=O)s6)cccc5[nH]4)c3n2)c1. The molecule has 0 bridgehead atoms. The Balaban J connectivity index is 1.47. The Labute approximate surface area is 197 Å². The number of imidazole rings is 1. The number of aromatic nitrogens is 6. The van der Waals surface area contributed by atoms with E-state index in [9.17, 15) is 4.79 Å². The Bertz CT molecular complexity index is 1700. The zero-order valence-electron chi connectivity index (χ0n) is 18.3. The number of para-hydroxylation sites is 1. The number of nitrogens with zero attached hydrogens (tertiary/aromatic N) is 4. The first kappa shape index (κ1) is 20.3. The number of ether oxygens (including phenoxy) is 1. The maximum absolute atomic E-state index is 11.8. The van der Waals surface area contributed by atoms with Gasteiger partial charge in [-0.05, 0) is 43.3 Å². The number of aromatic amines is 2. The van der Waals surface area contributed by atoms with E-state index in [2.05, 4.69) is 20.2 Å². The molecule has 0 aliphatic heterocycles. The van der Waals surface area contributed by atoms with Gasteiger partial charge in [-0.2, -0.15) is 5.10 Å². The van der Waals surface area contributed by atoms with Crippen molar-refractivity contribution in [2.24, 2.45) is 0 Å². The summed E-state index contributed by atoms with van der Waals surface area (Å²) in [4.78, 5) is 30.8. The van der Waals surface area contributed by atoms with Crippen LogP contribution in [0.1, 0.15) is 16.6 Å². The summed E-state index contributed by atoms with van der Waals surface area (Å²) in [7, 11) is 1.61. The van der Waals surface area contributed by atoms with Crippen LogP contribution in [0.15, 0.2) is 60.9 Å². The lowest BCUT2D eigenvalue weighted by molar-refractivity contribution is 0.102. The summed E-state index contributed by atoms with van der Waals surface area (Å²) in [6, 6.07) is 15.5. The summed E-state index contributed by atoms with van der Waals surface area (Å²) < 4.78 is 5.30. The molecule has 6 rings (SSSR count). The maximum Gasteiger partial charge on any atom is 0.169 e. The lowest BCUT2D eigenvalue weighted by Crippen LogP contribution is -1.89. The minimum Gasteiger partial charge on any atom is -0.495 e. The van der Waals surface area contributed by atoms with Gasteiger partial charge in [0, 0.05) is 22.2 Å². The molecule has 1 aromatic carbocycles. The van der Waals surface area contributed by atoms with Gasteiger partial charge in [-0.25, -0.2) is 9.97 Å². The Morgan fingerprint density at radius 3 is 2.74 bits per heavy atom. The monoisotopic (exact) mass is 466 g/mol. The van der Waals surface area contributed by atoms with E-state index >= 15 is 0 Å². The van der Waals surface area contributed by atoms with Crippen molar-refractivity contribution >= 4 is 39.2 Å². The molecule has 0 aliphatic carbocycles. The van der Waals surface area contributed by atoms with Crippen molar-refractivity contribution < 1.29 is 9.53 Å². The second-order valence-corrected chi connectivity index (χ2v) is 8.87. The molecule has 0 unspecified atom stereocenters. The molecule has 0 saturated carbocycles. The van der Waals surface area contributed by atoms with Crippen LogP contribution in [0.2, 0.25) is 0 Å². The fourth-order valence-corrected chi connectivity index (χ4v) is 4.84. The first-order valence-corrected chi connectivity index (χ1v) is 11.4. The molecule has 5 aromatic heterocycles. The van der Waals surface area contributed by atoms with Gasteiger partial charge < -0.3 is 9.72 Å². The molecule has 34 heavy (non-hydrogen) atoms. The number of ketones is 1. The second kappa shape index (κ2) is 7.89. The molecule has 166 valence electrons. The molecule has 0 amide bonds.